The van der Waals surface area contributed by atoms with E-state index in [4.69, 9.17) is 0 Å². The van der Waals surface area contributed by atoms with Gasteiger partial charge in [0.05, 0.1) is 12.2 Å². The summed E-state index contributed by atoms with van der Waals surface area (Å²) in [5.74, 6) is -2.03. The fourth-order valence-electron chi connectivity index (χ4n) is 2.48. The molecule has 27 heavy (non-hydrogen) atoms. The second-order valence-electron chi connectivity index (χ2n) is 6.01. The van der Waals surface area contributed by atoms with Crippen LogP contribution in [0.4, 0.5) is 13.9 Å². The molecule has 0 fully saturated rings. The molecule has 0 aliphatic heterocycles. The Labute approximate surface area is 168 Å². The molecular formula is C19H16BrF2N3OS. The Morgan fingerprint density at radius 3 is 2.63 bits per heavy atom. The lowest BCUT2D eigenvalue weighted by atomic mass is 10.2. The third kappa shape index (κ3) is 5.41. The lowest BCUT2D eigenvalue weighted by Crippen LogP contribution is -2.29. The van der Waals surface area contributed by atoms with E-state index in [1.807, 2.05) is 36.2 Å². The minimum Gasteiger partial charge on any atom is -0.301 e. The highest BCUT2D eigenvalue weighted by atomic mass is 79.9. The second-order valence-corrected chi connectivity index (χ2v) is 7.79. The maximum absolute atomic E-state index is 13.3. The molecule has 3 aromatic rings. The van der Waals surface area contributed by atoms with Gasteiger partial charge in [-0.05, 0) is 42.9 Å². The van der Waals surface area contributed by atoms with Crippen LogP contribution >= 0.6 is 27.3 Å². The number of carbonyl (C=O) groups is 1. The molecule has 0 radical (unpaired) electrons. The minimum atomic E-state index is -0.930. The molecule has 0 bridgehead atoms. The molecule has 0 aliphatic rings. The van der Waals surface area contributed by atoms with Crippen LogP contribution in [0.1, 0.15) is 5.56 Å². The number of hydrogen-bond acceptors (Lipinski definition) is 4. The number of rotatable bonds is 6. The average Bonchev–Trinajstić information content (AvgIpc) is 3.07. The number of likely N-dealkylation sites (N-methyl/N-ethyl adjacent to an activating group) is 1. The maximum Gasteiger partial charge on any atom is 0.240 e. The zero-order valence-electron chi connectivity index (χ0n) is 14.4. The molecule has 140 valence electrons. The van der Waals surface area contributed by atoms with Gasteiger partial charge in [0.1, 0.15) is 0 Å². The minimum absolute atomic E-state index is 0.194. The fraction of sp³-hybridized carbons (Fsp3) is 0.158. The lowest BCUT2D eigenvalue weighted by Gasteiger charge is -2.15. The van der Waals surface area contributed by atoms with Crippen LogP contribution in [0.25, 0.3) is 11.3 Å². The first-order chi connectivity index (χ1) is 12.9. The highest BCUT2D eigenvalue weighted by Gasteiger charge is 2.12. The number of carbonyl (C=O) groups excluding carboxylic acids is 1. The van der Waals surface area contributed by atoms with Crippen molar-refractivity contribution in [3.63, 3.8) is 0 Å². The van der Waals surface area contributed by atoms with Gasteiger partial charge in [-0.3, -0.25) is 9.69 Å². The number of nitrogens with one attached hydrogen (secondary N) is 1. The van der Waals surface area contributed by atoms with Gasteiger partial charge in [-0.25, -0.2) is 13.8 Å². The van der Waals surface area contributed by atoms with E-state index in [1.165, 1.54) is 17.4 Å². The molecule has 1 amide bonds. The van der Waals surface area contributed by atoms with Gasteiger partial charge in [-0.1, -0.05) is 28.1 Å². The highest BCUT2D eigenvalue weighted by Crippen LogP contribution is 2.26. The number of nitrogens with zero attached hydrogens (tertiary/aromatic N) is 2. The van der Waals surface area contributed by atoms with Crippen LogP contribution in [0, 0.1) is 11.6 Å². The molecule has 1 heterocycles. The number of benzene rings is 2. The zero-order valence-corrected chi connectivity index (χ0v) is 16.8. The van der Waals surface area contributed by atoms with Crippen LogP contribution in [0.5, 0.6) is 0 Å². The molecule has 4 nitrogen and oxygen atoms in total. The topological polar surface area (TPSA) is 45.2 Å². The summed E-state index contributed by atoms with van der Waals surface area (Å²) in [7, 11) is 1.86. The van der Waals surface area contributed by atoms with Gasteiger partial charge in [0, 0.05) is 22.0 Å². The Bertz CT molecular complexity index is 946. The number of anilines is 1. The van der Waals surface area contributed by atoms with Crippen LogP contribution in [0.2, 0.25) is 0 Å². The van der Waals surface area contributed by atoms with Gasteiger partial charge in [0.25, 0.3) is 0 Å². The van der Waals surface area contributed by atoms with E-state index in [-0.39, 0.29) is 12.5 Å². The lowest BCUT2D eigenvalue weighted by molar-refractivity contribution is -0.117. The molecule has 0 spiro atoms. The summed E-state index contributed by atoms with van der Waals surface area (Å²) < 4.78 is 27.4. The summed E-state index contributed by atoms with van der Waals surface area (Å²) in [5.41, 5.74) is 2.04. The molecule has 0 saturated heterocycles. The van der Waals surface area contributed by atoms with Crippen molar-refractivity contribution in [2.24, 2.45) is 0 Å². The van der Waals surface area contributed by atoms with Gasteiger partial charge in [-0.15, -0.1) is 11.3 Å². The van der Waals surface area contributed by atoms with Gasteiger partial charge >= 0.3 is 0 Å². The third-order valence-corrected chi connectivity index (χ3v) is 5.03. The number of amides is 1. The largest absolute Gasteiger partial charge is 0.301 e. The van der Waals surface area contributed by atoms with E-state index in [2.05, 4.69) is 26.2 Å². The van der Waals surface area contributed by atoms with E-state index < -0.39 is 11.6 Å². The molecule has 2 aromatic carbocycles. The Morgan fingerprint density at radius 1 is 1.19 bits per heavy atom. The number of halogens is 3. The van der Waals surface area contributed by atoms with Crippen LogP contribution in [-0.2, 0) is 11.3 Å². The first-order valence-corrected chi connectivity index (χ1v) is 9.72. The third-order valence-electron chi connectivity index (χ3n) is 3.75. The first-order valence-electron chi connectivity index (χ1n) is 8.04. The Morgan fingerprint density at radius 2 is 1.93 bits per heavy atom. The zero-order chi connectivity index (χ0) is 19.4. The average molecular weight is 452 g/mol. The van der Waals surface area contributed by atoms with Crippen molar-refractivity contribution in [3.05, 3.63) is 69.5 Å². The van der Waals surface area contributed by atoms with Crippen molar-refractivity contribution >= 4 is 38.3 Å². The van der Waals surface area contributed by atoms with Crippen molar-refractivity contribution in [2.75, 3.05) is 18.9 Å². The molecular weight excluding hydrogens is 436 g/mol. The predicted octanol–water partition coefficient (Wildman–Crippen LogP) is 4.92. The summed E-state index contributed by atoms with van der Waals surface area (Å²) >= 11 is 4.62. The molecule has 0 unspecified atom stereocenters. The van der Waals surface area contributed by atoms with Crippen LogP contribution < -0.4 is 5.32 Å². The smallest absolute Gasteiger partial charge is 0.240 e. The van der Waals surface area contributed by atoms with Crippen molar-refractivity contribution < 1.29 is 13.6 Å². The van der Waals surface area contributed by atoms with Crippen molar-refractivity contribution in [2.45, 2.75) is 6.54 Å². The fourth-order valence-corrected chi connectivity index (χ4v) is 3.48. The number of hydrogen-bond donors (Lipinski definition) is 1. The second kappa shape index (κ2) is 8.69. The van der Waals surface area contributed by atoms with Crippen LogP contribution in [-0.4, -0.2) is 29.4 Å². The maximum atomic E-state index is 13.3. The Balaban J connectivity index is 1.57. The predicted molar refractivity (Wildman–Crippen MR) is 107 cm³/mol. The standard InChI is InChI=1S/C19H16BrF2N3OS/c1-25(9-12-2-5-14(20)6-3-12)10-18(26)24-19-23-17(11-27-19)13-4-7-15(21)16(22)8-13/h2-8,11H,9-10H2,1H3,(H,23,24,26). The Hall–Kier alpha value is -2.16. The molecule has 0 aliphatic carbocycles. The van der Waals surface area contributed by atoms with E-state index in [9.17, 15) is 13.6 Å². The van der Waals surface area contributed by atoms with Crippen LogP contribution in [0.3, 0.4) is 0 Å². The van der Waals surface area contributed by atoms with Crippen LogP contribution in [0.15, 0.2) is 52.3 Å². The van der Waals surface area contributed by atoms with Crippen molar-refractivity contribution in [1.29, 1.82) is 0 Å². The quantitative estimate of drug-likeness (QED) is 0.578. The van der Waals surface area contributed by atoms with Crippen molar-refractivity contribution in [1.82, 2.24) is 9.88 Å². The number of aromatic nitrogens is 1. The van der Waals surface area contributed by atoms with Crippen molar-refractivity contribution in [3.8, 4) is 11.3 Å². The van der Waals surface area contributed by atoms with E-state index >= 15 is 0 Å². The summed E-state index contributed by atoms with van der Waals surface area (Å²) in [6.45, 7) is 0.842. The SMILES string of the molecule is CN(CC(=O)Nc1nc(-c2ccc(F)c(F)c2)cs1)Cc1ccc(Br)cc1. The summed E-state index contributed by atoms with van der Waals surface area (Å²) in [6, 6.07) is 11.5. The highest BCUT2D eigenvalue weighted by molar-refractivity contribution is 9.10. The summed E-state index contributed by atoms with van der Waals surface area (Å²) in [6.07, 6.45) is 0. The van der Waals surface area contributed by atoms with E-state index in [0.29, 0.717) is 22.9 Å². The van der Waals surface area contributed by atoms with Gasteiger partial charge in [0.15, 0.2) is 16.8 Å². The Kier molecular flexibility index (Phi) is 6.30. The van der Waals surface area contributed by atoms with E-state index in [1.54, 1.807) is 5.38 Å². The van der Waals surface area contributed by atoms with Gasteiger partial charge in [0.2, 0.25) is 5.91 Å². The molecule has 0 atom stereocenters. The van der Waals surface area contributed by atoms with Gasteiger partial charge in [-0.2, -0.15) is 0 Å². The monoisotopic (exact) mass is 451 g/mol. The summed E-state index contributed by atoms with van der Waals surface area (Å²) in [5, 5.41) is 4.84. The molecule has 1 aromatic heterocycles. The number of thiazole rings is 1. The van der Waals surface area contributed by atoms with Gasteiger partial charge < -0.3 is 5.32 Å². The first kappa shape index (κ1) is 19.6. The molecule has 3 rings (SSSR count). The molecule has 1 N–H and O–H groups in total. The summed E-state index contributed by atoms with van der Waals surface area (Å²) in [4.78, 5) is 18.4. The molecule has 8 heteroatoms. The normalized spacial score (nSPS) is 11.0. The van der Waals surface area contributed by atoms with E-state index in [0.717, 1.165) is 22.2 Å². The molecule has 0 saturated carbocycles.